The first kappa shape index (κ1) is 14.5. The molecule has 0 bridgehead atoms. The van der Waals surface area contributed by atoms with Crippen molar-refractivity contribution in [2.24, 2.45) is 0 Å². The summed E-state index contributed by atoms with van der Waals surface area (Å²) >= 11 is 1.70. The fraction of sp³-hybridized carbons (Fsp3) is 0.643. The maximum atomic E-state index is 5.34. The lowest BCUT2D eigenvalue weighted by molar-refractivity contribution is 0.215. The van der Waals surface area contributed by atoms with Crippen LogP contribution in [0.25, 0.3) is 0 Å². The summed E-state index contributed by atoms with van der Waals surface area (Å²) in [5.74, 6) is 1.58. The van der Waals surface area contributed by atoms with Crippen molar-refractivity contribution in [1.29, 1.82) is 0 Å². The molecule has 1 aliphatic rings. The molecule has 0 atom stereocenters. The van der Waals surface area contributed by atoms with Gasteiger partial charge < -0.3 is 9.42 Å². The van der Waals surface area contributed by atoms with Gasteiger partial charge in [0.25, 0.3) is 0 Å². The Bertz CT molecular complexity index is 533. The van der Waals surface area contributed by atoms with Crippen LogP contribution in [-0.4, -0.2) is 46.2 Å². The van der Waals surface area contributed by atoms with E-state index in [2.05, 4.69) is 31.8 Å². The van der Waals surface area contributed by atoms with Gasteiger partial charge in [0.2, 0.25) is 5.89 Å². The Morgan fingerprint density at radius 2 is 2.14 bits per heavy atom. The Morgan fingerprint density at radius 1 is 1.29 bits per heavy atom. The molecule has 0 amide bonds. The van der Waals surface area contributed by atoms with Crippen molar-refractivity contribution in [3.63, 3.8) is 0 Å². The molecule has 114 valence electrons. The van der Waals surface area contributed by atoms with Gasteiger partial charge in [0.05, 0.1) is 6.54 Å². The van der Waals surface area contributed by atoms with Gasteiger partial charge in [-0.2, -0.15) is 4.98 Å². The number of hydrogen-bond acceptors (Lipinski definition) is 7. The predicted molar refractivity (Wildman–Crippen MR) is 82.5 cm³/mol. The number of rotatable bonds is 6. The Kier molecular flexibility index (Phi) is 4.82. The van der Waals surface area contributed by atoms with E-state index in [1.807, 2.05) is 11.6 Å². The van der Waals surface area contributed by atoms with Crippen LogP contribution in [0.1, 0.15) is 31.5 Å². The lowest BCUT2D eigenvalue weighted by Crippen LogP contribution is -2.46. The summed E-state index contributed by atoms with van der Waals surface area (Å²) in [5, 5.41) is 7.19. The molecule has 1 aliphatic heterocycles. The normalized spacial score (nSPS) is 16.5. The molecule has 0 radical (unpaired) electrons. The first-order valence-corrected chi connectivity index (χ1v) is 8.41. The molecule has 0 aliphatic carbocycles. The van der Waals surface area contributed by atoms with Crippen LogP contribution in [-0.2, 0) is 13.0 Å². The summed E-state index contributed by atoms with van der Waals surface area (Å²) in [6, 6.07) is 0. The van der Waals surface area contributed by atoms with Crippen molar-refractivity contribution < 1.29 is 4.52 Å². The fourth-order valence-electron chi connectivity index (χ4n) is 2.45. The van der Waals surface area contributed by atoms with Crippen LogP contribution < -0.4 is 4.90 Å². The zero-order valence-electron chi connectivity index (χ0n) is 12.4. The van der Waals surface area contributed by atoms with Crippen molar-refractivity contribution in [3.05, 3.63) is 23.3 Å². The van der Waals surface area contributed by atoms with Crippen LogP contribution >= 0.6 is 11.3 Å². The van der Waals surface area contributed by atoms with Gasteiger partial charge in [0.15, 0.2) is 11.0 Å². The van der Waals surface area contributed by atoms with Gasteiger partial charge in [-0.15, -0.1) is 11.3 Å². The molecule has 1 saturated heterocycles. The monoisotopic (exact) mass is 307 g/mol. The number of piperazine rings is 1. The maximum Gasteiger partial charge on any atom is 0.240 e. The fourth-order valence-corrected chi connectivity index (χ4v) is 3.15. The summed E-state index contributed by atoms with van der Waals surface area (Å²) in [4.78, 5) is 13.5. The second kappa shape index (κ2) is 7.00. The van der Waals surface area contributed by atoms with Crippen molar-refractivity contribution in [1.82, 2.24) is 20.0 Å². The van der Waals surface area contributed by atoms with Crippen LogP contribution in [0.15, 0.2) is 16.1 Å². The predicted octanol–water partition coefficient (Wildman–Crippen LogP) is 2.19. The number of nitrogens with zero attached hydrogens (tertiary/aromatic N) is 5. The van der Waals surface area contributed by atoms with Crippen LogP contribution in [0.2, 0.25) is 0 Å². The third-order valence-corrected chi connectivity index (χ3v) is 4.52. The van der Waals surface area contributed by atoms with E-state index in [-0.39, 0.29) is 0 Å². The van der Waals surface area contributed by atoms with Gasteiger partial charge in [-0.3, -0.25) is 4.90 Å². The number of unbranched alkanes of at least 4 members (excludes halogenated alkanes) is 1. The van der Waals surface area contributed by atoms with E-state index in [0.717, 1.165) is 68.8 Å². The Balaban J connectivity index is 1.47. The minimum absolute atomic E-state index is 0.740. The molecule has 6 nitrogen and oxygen atoms in total. The van der Waals surface area contributed by atoms with E-state index in [1.165, 1.54) is 0 Å². The second-order valence-corrected chi connectivity index (χ2v) is 6.16. The van der Waals surface area contributed by atoms with E-state index in [1.54, 1.807) is 11.3 Å². The Hall–Kier alpha value is -1.47. The van der Waals surface area contributed by atoms with E-state index < -0.39 is 0 Å². The van der Waals surface area contributed by atoms with Gasteiger partial charge in [-0.25, -0.2) is 4.98 Å². The standard InChI is InChI=1S/C14H21N5OS/c1-2-3-4-12-16-13(20-17-12)11-18-6-8-19(9-7-18)14-15-5-10-21-14/h5,10H,2-4,6-9,11H2,1H3. The van der Waals surface area contributed by atoms with Crippen LogP contribution in [0.5, 0.6) is 0 Å². The average molecular weight is 307 g/mol. The van der Waals surface area contributed by atoms with E-state index >= 15 is 0 Å². The highest BCUT2D eigenvalue weighted by Gasteiger charge is 2.20. The molecular weight excluding hydrogens is 286 g/mol. The number of anilines is 1. The molecule has 2 aromatic heterocycles. The first-order chi connectivity index (χ1) is 10.3. The molecule has 21 heavy (non-hydrogen) atoms. The SMILES string of the molecule is CCCCc1noc(CN2CCN(c3nccs3)CC2)n1. The highest BCUT2D eigenvalue weighted by Crippen LogP contribution is 2.19. The molecule has 1 fully saturated rings. The Labute approximate surface area is 128 Å². The summed E-state index contributed by atoms with van der Waals surface area (Å²) in [6.45, 7) is 6.95. The quantitative estimate of drug-likeness (QED) is 0.815. The highest BCUT2D eigenvalue weighted by molar-refractivity contribution is 7.13. The number of thiazole rings is 1. The molecule has 2 aromatic rings. The second-order valence-electron chi connectivity index (χ2n) is 5.29. The van der Waals surface area contributed by atoms with Gasteiger partial charge in [0.1, 0.15) is 0 Å². The molecule has 0 aromatic carbocycles. The summed E-state index contributed by atoms with van der Waals surface area (Å²) in [6.07, 6.45) is 5.05. The summed E-state index contributed by atoms with van der Waals surface area (Å²) in [5.41, 5.74) is 0. The smallest absolute Gasteiger partial charge is 0.240 e. The lowest BCUT2D eigenvalue weighted by atomic mass is 10.2. The van der Waals surface area contributed by atoms with E-state index in [4.69, 9.17) is 4.52 Å². The summed E-state index contributed by atoms with van der Waals surface area (Å²) < 4.78 is 5.34. The molecular formula is C14H21N5OS. The Morgan fingerprint density at radius 3 is 2.86 bits per heavy atom. The van der Waals surface area contributed by atoms with Gasteiger partial charge in [0, 0.05) is 44.2 Å². The first-order valence-electron chi connectivity index (χ1n) is 7.53. The third kappa shape index (κ3) is 3.79. The van der Waals surface area contributed by atoms with Crippen LogP contribution in [0, 0.1) is 0 Å². The third-order valence-electron chi connectivity index (χ3n) is 3.69. The number of aromatic nitrogens is 3. The van der Waals surface area contributed by atoms with Gasteiger partial charge in [-0.05, 0) is 6.42 Å². The van der Waals surface area contributed by atoms with Crippen molar-refractivity contribution in [2.45, 2.75) is 32.7 Å². The minimum Gasteiger partial charge on any atom is -0.346 e. The molecule has 7 heteroatoms. The van der Waals surface area contributed by atoms with Crippen molar-refractivity contribution in [3.8, 4) is 0 Å². The van der Waals surface area contributed by atoms with Crippen LogP contribution in [0.4, 0.5) is 5.13 Å². The number of hydrogen-bond donors (Lipinski definition) is 0. The highest BCUT2D eigenvalue weighted by atomic mass is 32.1. The zero-order valence-corrected chi connectivity index (χ0v) is 13.2. The number of aryl methyl sites for hydroxylation is 1. The molecule has 3 heterocycles. The van der Waals surface area contributed by atoms with E-state index in [9.17, 15) is 0 Å². The van der Waals surface area contributed by atoms with Gasteiger partial charge >= 0.3 is 0 Å². The summed E-state index contributed by atoms with van der Waals surface area (Å²) in [7, 11) is 0. The largest absolute Gasteiger partial charge is 0.346 e. The zero-order chi connectivity index (χ0) is 14.5. The van der Waals surface area contributed by atoms with Crippen molar-refractivity contribution in [2.75, 3.05) is 31.1 Å². The van der Waals surface area contributed by atoms with Crippen molar-refractivity contribution >= 4 is 16.5 Å². The van der Waals surface area contributed by atoms with Crippen LogP contribution in [0.3, 0.4) is 0 Å². The van der Waals surface area contributed by atoms with Gasteiger partial charge in [-0.1, -0.05) is 18.5 Å². The maximum absolute atomic E-state index is 5.34. The molecule has 3 rings (SSSR count). The lowest BCUT2D eigenvalue weighted by Gasteiger charge is -2.33. The average Bonchev–Trinajstić information content (AvgIpc) is 3.17. The molecule has 0 N–H and O–H groups in total. The molecule has 0 spiro atoms. The minimum atomic E-state index is 0.740. The molecule has 0 saturated carbocycles. The topological polar surface area (TPSA) is 58.3 Å². The van der Waals surface area contributed by atoms with E-state index in [0.29, 0.717) is 0 Å². The molecule has 0 unspecified atom stereocenters.